The molecule has 1 aliphatic heterocycles. The van der Waals surface area contributed by atoms with E-state index in [9.17, 15) is 9.18 Å². The molecule has 1 heterocycles. The number of hydrogen-bond acceptors (Lipinski definition) is 3. The highest BCUT2D eigenvalue weighted by Crippen LogP contribution is 2.15. The molecule has 2 aromatic carbocycles. The molecule has 4 nitrogen and oxygen atoms in total. The monoisotopic (exact) mass is 341 g/mol. The van der Waals surface area contributed by atoms with Crippen LogP contribution in [0, 0.1) is 5.82 Å². The van der Waals surface area contributed by atoms with Crippen LogP contribution in [-0.4, -0.2) is 50.1 Å². The number of carbonyl (C=O) groups is 1. The van der Waals surface area contributed by atoms with E-state index in [0.717, 1.165) is 31.7 Å². The number of halogens is 1. The molecular weight excluding hydrogens is 317 g/mol. The second kappa shape index (κ2) is 8.62. The molecule has 5 heteroatoms. The van der Waals surface area contributed by atoms with Crippen molar-refractivity contribution >= 4 is 11.6 Å². The summed E-state index contributed by atoms with van der Waals surface area (Å²) in [4.78, 5) is 16.6. The minimum Gasteiger partial charge on any atom is -0.369 e. The summed E-state index contributed by atoms with van der Waals surface area (Å²) in [6.07, 6.45) is 0.716. The van der Waals surface area contributed by atoms with Crippen molar-refractivity contribution in [2.75, 3.05) is 44.2 Å². The Morgan fingerprint density at radius 2 is 1.64 bits per heavy atom. The number of para-hydroxylation sites is 1. The van der Waals surface area contributed by atoms with Crippen molar-refractivity contribution in [1.29, 1.82) is 0 Å². The summed E-state index contributed by atoms with van der Waals surface area (Å²) < 4.78 is 12.9. The van der Waals surface area contributed by atoms with Crippen LogP contribution in [0.3, 0.4) is 0 Å². The van der Waals surface area contributed by atoms with Gasteiger partial charge < -0.3 is 10.2 Å². The third-order valence-corrected chi connectivity index (χ3v) is 4.51. The second-order valence-electron chi connectivity index (χ2n) is 6.33. The number of piperazine rings is 1. The number of hydrogen-bond donors (Lipinski definition) is 1. The number of amides is 1. The summed E-state index contributed by atoms with van der Waals surface area (Å²) in [6.45, 7) is 4.67. The summed E-state index contributed by atoms with van der Waals surface area (Å²) in [5, 5.41) is 2.95. The van der Waals surface area contributed by atoms with Crippen LogP contribution in [0.15, 0.2) is 54.6 Å². The van der Waals surface area contributed by atoms with Crippen molar-refractivity contribution < 1.29 is 9.18 Å². The molecule has 0 spiro atoms. The molecule has 1 saturated heterocycles. The zero-order chi connectivity index (χ0) is 17.5. The summed E-state index contributed by atoms with van der Waals surface area (Å²) >= 11 is 0. The van der Waals surface area contributed by atoms with Crippen molar-refractivity contribution in [2.24, 2.45) is 0 Å². The second-order valence-corrected chi connectivity index (χ2v) is 6.33. The zero-order valence-corrected chi connectivity index (χ0v) is 14.3. The van der Waals surface area contributed by atoms with Crippen LogP contribution in [0.5, 0.6) is 0 Å². The van der Waals surface area contributed by atoms with E-state index in [1.807, 2.05) is 6.07 Å². The van der Waals surface area contributed by atoms with E-state index in [4.69, 9.17) is 0 Å². The average Bonchev–Trinajstić information content (AvgIpc) is 2.65. The Kier molecular flexibility index (Phi) is 6.01. The van der Waals surface area contributed by atoms with Crippen LogP contribution in [0.1, 0.15) is 5.56 Å². The topological polar surface area (TPSA) is 35.6 Å². The Hall–Kier alpha value is -2.40. The van der Waals surface area contributed by atoms with Gasteiger partial charge >= 0.3 is 0 Å². The fourth-order valence-electron chi connectivity index (χ4n) is 3.06. The van der Waals surface area contributed by atoms with Gasteiger partial charge in [0.15, 0.2) is 0 Å². The normalized spacial score (nSPS) is 15.2. The molecular formula is C20H24FN3O. The van der Waals surface area contributed by atoms with E-state index in [1.54, 1.807) is 12.1 Å². The molecule has 0 atom stereocenters. The maximum absolute atomic E-state index is 12.9. The molecule has 1 aliphatic rings. The third-order valence-electron chi connectivity index (χ3n) is 4.51. The van der Waals surface area contributed by atoms with Gasteiger partial charge in [-0.3, -0.25) is 9.69 Å². The van der Waals surface area contributed by atoms with Gasteiger partial charge in [0.2, 0.25) is 5.91 Å². The van der Waals surface area contributed by atoms with E-state index in [-0.39, 0.29) is 11.7 Å². The molecule has 1 fully saturated rings. The minimum atomic E-state index is -0.234. The lowest BCUT2D eigenvalue weighted by Gasteiger charge is -2.35. The first-order chi connectivity index (χ1) is 12.2. The van der Waals surface area contributed by atoms with Crippen molar-refractivity contribution in [1.82, 2.24) is 10.2 Å². The van der Waals surface area contributed by atoms with Crippen LogP contribution in [0.4, 0.5) is 10.1 Å². The summed E-state index contributed by atoms with van der Waals surface area (Å²) in [6, 6.07) is 16.8. The molecule has 0 bridgehead atoms. The SMILES string of the molecule is O=C(CN1CCN(c2ccccc2)CC1)NCCc1ccc(F)cc1. The standard InChI is InChI=1S/C20H24FN3O/c21-18-8-6-17(7-9-18)10-11-22-20(25)16-23-12-14-24(15-13-23)19-4-2-1-3-5-19/h1-9H,10-16H2,(H,22,25). The van der Waals surface area contributed by atoms with Gasteiger partial charge in [-0.1, -0.05) is 30.3 Å². The molecule has 132 valence electrons. The average molecular weight is 341 g/mol. The van der Waals surface area contributed by atoms with E-state index < -0.39 is 0 Å². The van der Waals surface area contributed by atoms with E-state index >= 15 is 0 Å². The van der Waals surface area contributed by atoms with Crippen molar-refractivity contribution in [2.45, 2.75) is 6.42 Å². The van der Waals surface area contributed by atoms with Crippen molar-refractivity contribution in [3.8, 4) is 0 Å². The molecule has 0 aliphatic carbocycles. The molecule has 2 aromatic rings. The van der Waals surface area contributed by atoms with Crippen molar-refractivity contribution in [3.63, 3.8) is 0 Å². The van der Waals surface area contributed by atoms with Crippen molar-refractivity contribution in [3.05, 3.63) is 66.0 Å². The minimum absolute atomic E-state index is 0.0512. The van der Waals surface area contributed by atoms with E-state index in [0.29, 0.717) is 19.5 Å². The molecule has 0 radical (unpaired) electrons. The highest BCUT2D eigenvalue weighted by Gasteiger charge is 2.18. The number of anilines is 1. The fraction of sp³-hybridized carbons (Fsp3) is 0.350. The lowest BCUT2D eigenvalue weighted by molar-refractivity contribution is -0.122. The van der Waals surface area contributed by atoms with E-state index in [2.05, 4.69) is 39.4 Å². The first kappa shape index (κ1) is 17.4. The summed E-state index contributed by atoms with van der Waals surface area (Å²) in [5.74, 6) is -0.183. The predicted octanol–water partition coefficient (Wildman–Crippen LogP) is 2.31. The molecule has 0 aromatic heterocycles. The van der Waals surface area contributed by atoms with Gasteiger partial charge in [-0.05, 0) is 36.2 Å². The Morgan fingerprint density at radius 3 is 2.32 bits per heavy atom. The summed E-state index contributed by atoms with van der Waals surface area (Å²) in [7, 11) is 0. The van der Waals surface area contributed by atoms with Gasteiger partial charge in [-0.25, -0.2) is 4.39 Å². The number of benzene rings is 2. The zero-order valence-electron chi connectivity index (χ0n) is 14.3. The maximum Gasteiger partial charge on any atom is 0.234 e. The summed E-state index contributed by atoms with van der Waals surface area (Å²) in [5.41, 5.74) is 2.27. The molecule has 1 amide bonds. The fourth-order valence-corrected chi connectivity index (χ4v) is 3.06. The quantitative estimate of drug-likeness (QED) is 0.876. The largest absolute Gasteiger partial charge is 0.369 e. The highest BCUT2D eigenvalue weighted by atomic mass is 19.1. The number of nitrogens with one attached hydrogen (secondary N) is 1. The maximum atomic E-state index is 12.9. The van der Waals surface area contributed by atoms with Gasteiger partial charge in [0.25, 0.3) is 0 Å². The van der Waals surface area contributed by atoms with Gasteiger partial charge in [-0.2, -0.15) is 0 Å². The van der Waals surface area contributed by atoms with Gasteiger partial charge in [0.1, 0.15) is 5.82 Å². The first-order valence-corrected chi connectivity index (χ1v) is 8.74. The molecule has 0 saturated carbocycles. The Balaban J connectivity index is 1.35. The van der Waals surface area contributed by atoms with Crippen LogP contribution in [0.25, 0.3) is 0 Å². The Bertz CT molecular complexity index is 667. The van der Waals surface area contributed by atoms with Crippen LogP contribution < -0.4 is 10.2 Å². The Labute approximate surface area is 148 Å². The predicted molar refractivity (Wildman–Crippen MR) is 98.2 cm³/mol. The van der Waals surface area contributed by atoms with Crippen LogP contribution >= 0.6 is 0 Å². The van der Waals surface area contributed by atoms with Crippen LogP contribution in [0.2, 0.25) is 0 Å². The molecule has 0 unspecified atom stereocenters. The molecule has 1 N–H and O–H groups in total. The lowest BCUT2D eigenvalue weighted by Crippen LogP contribution is -2.49. The first-order valence-electron chi connectivity index (χ1n) is 8.74. The molecule has 25 heavy (non-hydrogen) atoms. The number of carbonyl (C=O) groups excluding carboxylic acids is 1. The third kappa shape index (κ3) is 5.29. The van der Waals surface area contributed by atoms with E-state index in [1.165, 1.54) is 17.8 Å². The Morgan fingerprint density at radius 1 is 0.960 bits per heavy atom. The molecule has 3 rings (SSSR count). The highest BCUT2D eigenvalue weighted by molar-refractivity contribution is 5.78. The number of rotatable bonds is 6. The van der Waals surface area contributed by atoms with Gasteiger partial charge in [-0.15, -0.1) is 0 Å². The lowest BCUT2D eigenvalue weighted by atomic mass is 10.1. The van der Waals surface area contributed by atoms with Gasteiger partial charge in [0, 0.05) is 38.4 Å². The van der Waals surface area contributed by atoms with Crippen LogP contribution in [-0.2, 0) is 11.2 Å². The number of nitrogens with zero attached hydrogens (tertiary/aromatic N) is 2. The van der Waals surface area contributed by atoms with Gasteiger partial charge in [0.05, 0.1) is 6.54 Å². The smallest absolute Gasteiger partial charge is 0.234 e.